The fourth-order valence-corrected chi connectivity index (χ4v) is 4.77. The molecule has 1 aromatic carbocycles. The molecule has 9 nitrogen and oxygen atoms in total. The molecule has 4 heterocycles. The Morgan fingerprint density at radius 2 is 1.97 bits per heavy atom. The van der Waals surface area contributed by atoms with E-state index < -0.39 is 0 Å². The third-order valence-corrected chi connectivity index (χ3v) is 6.78. The summed E-state index contributed by atoms with van der Waals surface area (Å²) in [5.41, 5.74) is 4.08. The molecule has 1 fully saturated rings. The monoisotopic (exact) mass is 523 g/mol. The molecule has 1 unspecified atom stereocenters. The molecule has 0 radical (unpaired) electrons. The molecule has 1 atom stereocenters. The van der Waals surface area contributed by atoms with E-state index in [4.69, 9.17) is 0 Å². The number of nitrogens with zero attached hydrogens (tertiary/aromatic N) is 5. The lowest BCUT2D eigenvalue weighted by Crippen LogP contribution is -2.45. The number of ketones is 1. The summed E-state index contributed by atoms with van der Waals surface area (Å²) in [6.45, 7) is 2.03. The van der Waals surface area contributed by atoms with Gasteiger partial charge in [-0.2, -0.15) is 0 Å². The standard InChI is InChI=1S/C30H33N7O2/c1-36(2)13-4-6-26(38)15-21-7-9-22(10-8-21)30(39)37-14-3-5-25(19-37)35-28-17-27(33-20-34-28)24-16-23-11-12-31-29(23)32-18-24/h4,6-12,16-18,20,25H,3,5,13-15,19H2,1-2H3,(H,31,32)(H,33,34,35)/b6-4+. The Hall–Kier alpha value is -4.37. The van der Waals surface area contributed by atoms with Gasteiger partial charge >= 0.3 is 0 Å². The molecule has 1 aliphatic rings. The SMILES string of the molecule is CN(C)C/C=C/C(=O)Cc1ccc(C(=O)N2CCCC(Nc3cc(-c4cnc5[nH]ccc5c4)ncn3)C2)cc1. The number of pyridine rings is 1. The zero-order valence-corrected chi connectivity index (χ0v) is 22.3. The number of carbonyl (C=O) groups excluding carboxylic acids is 2. The molecule has 0 saturated carbocycles. The molecule has 3 aromatic heterocycles. The number of rotatable bonds is 9. The maximum atomic E-state index is 13.2. The van der Waals surface area contributed by atoms with Crippen LogP contribution in [0.15, 0.2) is 73.3 Å². The number of likely N-dealkylation sites (tertiary alicyclic amines) is 1. The molecular formula is C30H33N7O2. The zero-order valence-electron chi connectivity index (χ0n) is 22.3. The van der Waals surface area contributed by atoms with E-state index >= 15 is 0 Å². The van der Waals surface area contributed by atoms with Crippen LogP contribution in [0.4, 0.5) is 5.82 Å². The molecule has 200 valence electrons. The quantitative estimate of drug-likeness (QED) is 0.320. The minimum atomic E-state index is -0.000452. The normalized spacial score (nSPS) is 15.8. The average Bonchev–Trinajstić information content (AvgIpc) is 3.41. The van der Waals surface area contributed by atoms with Crippen molar-refractivity contribution in [3.8, 4) is 11.3 Å². The van der Waals surface area contributed by atoms with Crippen molar-refractivity contribution in [2.24, 2.45) is 0 Å². The van der Waals surface area contributed by atoms with Crippen LogP contribution in [0.3, 0.4) is 0 Å². The van der Waals surface area contributed by atoms with Gasteiger partial charge in [0.1, 0.15) is 17.8 Å². The molecule has 1 aliphatic heterocycles. The zero-order chi connectivity index (χ0) is 27.2. The number of anilines is 1. The Balaban J connectivity index is 1.19. The largest absolute Gasteiger partial charge is 0.365 e. The third kappa shape index (κ3) is 6.74. The summed E-state index contributed by atoms with van der Waals surface area (Å²) in [6, 6.07) is 13.4. The second-order valence-corrected chi connectivity index (χ2v) is 10.2. The van der Waals surface area contributed by atoms with Gasteiger partial charge in [0.2, 0.25) is 0 Å². The molecule has 2 N–H and O–H groups in total. The Morgan fingerprint density at radius 3 is 2.79 bits per heavy atom. The van der Waals surface area contributed by atoms with Gasteiger partial charge in [0, 0.05) is 67.1 Å². The molecule has 5 rings (SSSR count). The number of allylic oxidation sites excluding steroid dienone is 1. The summed E-state index contributed by atoms with van der Waals surface area (Å²) < 4.78 is 0. The van der Waals surface area contributed by atoms with Crippen LogP contribution in [0.1, 0.15) is 28.8 Å². The van der Waals surface area contributed by atoms with Crippen LogP contribution in [-0.4, -0.2) is 81.2 Å². The van der Waals surface area contributed by atoms with Gasteiger partial charge < -0.3 is 20.1 Å². The summed E-state index contributed by atoms with van der Waals surface area (Å²) in [5, 5.41) is 4.52. The molecule has 0 aliphatic carbocycles. The number of aromatic amines is 1. The molecule has 1 amide bonds. The van der Waals surface area contributed by atoms with Gasteiger partial charge in [0.15, 0.2) is 5.78 Å². The van der Waals surface area contributed by atoms with Crippen molar-refractivity contribution in [1.29, 1.82) is 0 Å². The highest BCUT2D eigenvalue weighted by atomic mass is 16.2. The van der Waals surface area contributed by atoms with Crippen molar-refractivity contribution in [1.82, 2.24) is 29.7 Å². The number of benzene rings is 1. The highest BCUT2D eigenvalue weighted by Crippen LogP contribution is 2.23. The van der Waals surface area contributed by atoms with E-state index in [2.05, 4.69) is 31.3 Å². The van der Waals surface area contributed by atoms with E-state index in [1.807, 2.05) is 72.6 Å². The first-order valence-electron chi connectivity index (χ1n) is 13.2. The number of H-pyrrole nitrogens is 1. The van der Waals surface area contributed by atoms with E-state index in [9.17, 15) is 9.59 Å². The topological polar surface area (TPSA) is 107 Å². The first-order chi connectivity index (χ1) is 18.9. The molecule has 39 heavy (non-hydrogen) atoms. The van der Waals surface area contributed by atoms with Crippen molar-refractivity contribution in [2.45, 2.75) is 25.3 Å². The smallest absolute Gasteiger partial charge is 0.253 e. The lowest BCUT2D eigenvalue weighted by Gasteiger charge is -2.33. The first kappa shape index (κ1) is 26.2. The number of fused-ring (bicyclic) bond motifs is 1. The third-order valence-electron chi connectivity index (χ3n) is 6.78. The highest BCUT2D eigenvalue weighted by Gasteiger charge is 2.25. The van der Waals surface area contributed by atoms with Crippen molar-refractivity contribution < 1.29 is 9.59 Å². The average molecular weight is 524 g/mol. The maximum absolute atomic E-state index is 13.2. The molecule has 9 heteroatoms. The Morgan fingerprint density at radius 1 is 1.13 bits per heavy atom. The lowest BCUT2D eigenvalue weighted by molar-refractivity contribution is -0.114. The fourth-order valence-electron chi connectivity index (χ4n) is 4.77. The summed E-state index contributed by atoms with van der Waals surface area (Å²) in [7, 11) is 3.92. The van der Waals surface area contributed by atoms with Crippen LogP contribution in [-0.2, 0) is 11.2 Å². The van der Waals surface area contributed by atoms with Crippen LogP contribution in [0.25, 0.3) is 22.3 Å². The summed E-state index contributed by atoms with van der Waals surface area (Å²) >= 11 is 0. The van der Waals surface area contributed by atoms with Gasteiger partial charge in [0.05, 0.1) is 5.69 Å². The minimum Gasteiger partial charge on any atom is -0.365 e. The number of hydrogen-bond donors (Lipinski definition) is 2. The predicted molar refractivity (Wildman–Crippen MR) is 153 cm³/mol. The van der Waals surface area contributed by atoms with Crippen LogP contribution in [0.2, 0.25) is 0 Å². The van der Waals surface area contributed by atoms with Crippen molar-refractivity contribution in [3.63, 3.8) is 0 Å². The molecular weight excluding hydrogens is 490 g/mol. The Bertz CT molecular complexity index is 1480. The van der Waals surface area contributed by atoms with E-state index in [0.29, 0.717) is 25.1 Å². The number of aromatic nitrogens is 4. The van der Waals surface area contributed by atoms with Gasteiger partial charge in [-0.1, -0.05) is 18.2 Å². The number of likely N-dealkylation sites (N-methyl/N-ethyl adjacent to an activating group) is 1. The highest BCUT2D eigenvalue weighted by molar-refractivity contribution is 5.95. The first-order valence-corrected chi connectivity index (χ1v) is 13.2. The molecule has 4 aromatic rings. The van der Waals surface area contributed by atoms with E-state index in [1.54, 1.807) is 18.6 Å². The minimum absolute atomic E-state index is 0.000452. The molecule has 1 saturated heterocycles. The molecule has 0 spiro atoms. The van der Waals surface area contributed by atoms with Gasteiger partial charge in [-0.25, -0.2) is 15.0 Å². The number of piperidine rings is 1. The van der Waals surface area contributed by atoms with Crippen LogP contribution >= 0.6 is 0 Å². The van der Waals surface area contributed by atoms with Gasteiger partial charge in [-0.15, -0.1) is 0 Å². The van der Waals surface area contributed by atoms with Crippen molar-refractivity contribution in [2.75, 3.05) is 39.0 Å². The van der Waals surface area contributed by atoms with Gasteiger partial charge in [-0.3, -0.25) is 9.59 Å². The number of carbonyl (C=O) groups is 2. The van der Waals surface area contributed by atoms with E-state index in [1.165, 1.54) is 0 Å². The fraction of sp³-hybridized carbons (Fsp3) is 0.300. The Kier molecular flexibility index (Phi) is 8.07. The van der Waals surface area contributed by atoms with Crippen molar-refractivity contribution in [3.05, 3.63) is 84.5 Å². The summed E-state index contributed by atoms with van der Waals surface area (Å²) in [5.74, 6) is 0.775. The second kappa shape index (κ2) is 12.0. The van der Waals surface area contributed by atoms with E-state index in [0.717, 1.165) is 53.1 Å². The van der Waals surface area contributed by atoms with Crippen LogP contribution in [0.5, 0.6) is 0 Å². The Labute approximate surface area is 228 Å². The van der Waals surface area contributed by atoms with E-state index in [-0.39, 0.29) is 17.7 Å². The predicted octanol–water partition coefficient (Wildman–Crippen LogP) is 3.97. The molecule has 0 bridgehead atoms. The second-order valence-electron chi connectivity index (χ2n) is 10.2. The number of nitrogens with one attached hydrogen (secondary N) is 2. The van der Waals surface area contributed by atoms with Crippen LogP contribution in [0, 0.1) is 0 Å². The maximum Gasteiger partial charge on any atom is 0.253 e. The lowest BCUT2D eigenvalue weighted by atomic mass is 10.0. The van der Waals surface area contributed by atoms with Gasteiger partial charge in [-0.05, 0) is 62.8 Å². The summed E-state index contributed by atoms with van der Waals surface area (Å²) in [6.07, 6.45) is 10.9. The van der Waals surface area contributed by atoms with Gasteiger partial charge in [0.25, 0.3) is 5.91 Å². The number of hydrogen-bond acceptors (Lipinski definition) is 7. The summed E-state index contributed by atoms with van der Waals surface area (Å²) in [4.78, 5) is 45.7. The number of amides is 1. The van der Waals surface area contributed by atoms with Crippen molar-refractivity contribution >= 4 is 28.5 Å². The van der Waals surface area contributed by atoms with Crippen LogP contribution < -0.4 is 5.32 Å².